The van der Waals surface area contributed by atoms with Crippen LogP contribution in [-0.4, -0.2) is 27.2 Å². The number of aromatic amines is 2. The van der Waals surface area contributed by atoms with E-state index >= 15 is 0 Å². The highest BCUT2D eigenvalue weighted by molar-refractivity contribution is 5.98. The minimum absolute atomic E-state index is 0.0732. The number of hydrogen-bond acceptors (Lipinski definition) is 6. The molecule has 0 aliphatic rings. The predicted molar refractivity (Wildman–Crippen MR) is 93.3 cm³/mol. The molecule has 0 aliphatic carbocycles. The number of nitrogens with zero attached hydrogens (tertiary/aromatic N) is 2. The van der Waals surface area contributed by atoms with Crippen LogP contribution in [0.1, 0.15) is 15.9 Å². The Bertz CT molecular complexity index is 1160. The number of non-ortho nitro benzene ring substituents is 1. The number of amides is 1. The Kier molecular flexibility index (Phi) is 4.39. The van der Waals surface area contributed by atoms with Gasteiger partial charge in [-0.15, -0.1) is 0 Å². The molecule has 2 aromatic carbocycles. The van der Waals surface area contributed by atoms with E-state index in [2.05, 4.69) is 20.7 Å². The largest absolute Gasteiger partial charge is 0.271 e. The molecular weight excluding hydrogens is 342 g/mol. The lowest BCUT2D eigenvalue weighted by Crippen LogP contribution is -2.21. The molecule has 130 valence electrons. The second-order valence-electron chi connectivity index (χ2n) is 5.22. The van der Waals surface area contributed by atoms with Crippen LogP contribution in [0.3, 0.4) is 0 Å². The van der Waals surface area contributed by atoms with Crippen molar-refractivity contribution < 1.29 is 9.72 Å². The topological polar surface area (TPSA) is 150 Å². The lowest BCUT2D eigenvalue weighted by atomic mass is 10.1. The molecule has 3 aromatic rings. The van der Waals surface area contributed by atoms with Crippen molar-refractivity contribution in [2.45, 2.75) is 0 Å². The third-order valence-electron chi connectivity index (χ3n) is 3.52. The third-order valence-corrected chi connectivity index (χ3v) is 3.52. The van der Waals surface area contributed by atoms with Crippen LogP contribution in [0, 0.1) is 10.1 Å². The number of hydrogen-bond donors (Lipinski definition) is 3. The number of H-pyrrole nitrogens is 2. The first-order valence-electron chi connectivity index (χ1n) is 7.28. The maximum atomic E-state index is 12.1. The van der Waals surface area contributed by atoms with Gasteiger partial charge in [0.05, 0.1) is 21.9 Å². The number of nitrogens with one attached hydrogen (secondary N) is 3. The third kappa shape index (κ3) is 3.38. The van der Waals surface area contributed by atoms with Crippen molar-refractivity contribution >= 4 is 28.6 Å². The van der Waals surface area contributed by atoms with E-state index < -0.39 is 21.9 Å². The molecule has 0 atom stereocenters. The normalized spacial score (nSPS) is 10.9. The molecule has 0 aliphatic heterocycles. The average molecular weight is 353 g/mol. The van der Waals surface area contributed by atoms with Crippen molar-refractivity contribution in [2.75, 3.05) is 0 Å². The van der Waals surface area contributed by atoms with Gasteiger partial charge in [0, 0.05) is 23.3 Å². The summed E-state index contributed by atoms with van der Waals surface area (Å²) >= 11 is 0. The lowest BCUT2D eigenvalue weighted by Gasteiger charge is -2.01. The monoisotopic (exact) mass is 353 g/mol. The molecule has 0 bridgehead atoms. The summed E-state index contributed by atoms with van der Waals surface area (Å²) in [6.45, 7) is 0. The van der Waals surface area contributed by atoms with E-state index in [9.17, 15) is 24.5 Å². The van der Waals surface area contributed by atoms with Crippen molar-refractivity contribution in [1.29, 1.82) is 0 Å². The van der Waals surface area contributed by atoms with E-state index in [1.807, 2.05) is 0 Å². The summed E-state index contributed by atoms with van der Waals surface area (Å²) in [6.07, 6.45) is 1.25. The number of hydrazone groups is 1. The van der Waals surface area contributed by atoms with E-state index in [1.54, 1.807) is 6.07 Å². The Hall–Kier alpha value is -4.08. The highest BCUT2D eigenvalue weighted by atomic mass is 16.6. The Labute approximate surface area is 144 Å². The molecule has 0 saturated carbocycles. The number of nitro benzene ring substituents is 1. The standard InChI is InChI=1S/C16H11N5O5/c22-14(18-17-8-9-2-1-3-11(6-9)21(25)26)10-4-5-12-13(7-10)16(24)20-19-15(12)23/h1-8H,(H,18,22)(H,19,23)(H,20,24)/b17-8-. The minimum atomic E-state index is -0.603. The molecule has 0 unspecified atom stereocenters. The van der Waals surface area contributed by atoms with Gasteiger partial charge in [0.15, 0.2) is 0 Å². The van der Waals surface area contributed by atoms with Gasteiger partial charge in [0.25, 0.3) is 22.7 Å². The van der Waals surface area contributed by atoms with Crippen LogP contribution in [0.5, 0.6) is 0 Å². The second kappa shape index (κ2) is 6.81. The number of rotatable bonds is 4. The number of fused-ring (bicyclic) bond motifs is 1. The van der Waals surface area contributed by atoms with Gasteiger partial charge in [-0.05, 0) is 18.2 Å². The van der Waals surface area contributed by atoms with E-state index in [4.69, 9.17) is 0 Å². The summed E-state index contributed by atoms with van der Waals surface area (Å²) in [7, 11) is 0. The van der Waals surface area contributed by atoms with Crippen LogP contribution in [0.4, 0.5) is 5.69 Å². The van der Waals surface area contributed by atoms with Crippen LogP contribution >= 0.6 is 0 Å². The number of benzene rings is 2. The number of carbonyl (C=O) groups excluding carboxylic acids is 1. The summed E-state index contributed by atoms with van der Waals surface area (Å²) in [5.74, 6) is -0.603. The molecule has 1 amide bonds. The van der Waals surface area contributed by atoms with Gasteiger partial charge >= 0.3 is 0 Å². The molecule has 10 heteroatoms. The van der Waals surface area contributed by atoms with E-state index in [1.165, 1.54) is 42.6 Å². The molecule has 0 fully saturated rings. The molecule has 0 radical (unpaired) electrons. The predicted octanol–water partition coefficient (Wildman–Crippen LogP) is 0.888. The van der Waals surface area contributed by atoms with Gasteiger partial charge in [0.2, 0.25) is 0 Å². The zero-order valence-corrected chi connectivity index (χ0v) is 13.1. The van der Waals surface area contributed by atoms with Crippen LogP contribution < -0.4 is 16.5 Å². The van der Waals surface area contributed by atoms with Gasteiger partial charge in [-0.3, -0.25) is 34.7 Å². The molecule has 1 aromatic heterocycles. The fourth-order valence-corrected chi connectivity index (χ4v) is 2.27. The summed E-state index contributed by atoms with van der Waals surface area (Å²) < 4.78 is 0. The minimum Gasteiger partial charge on any atom is -0.267 e. The smallest absolute Gasteiger partial charge is 0.267 e. The molecule has 0 saturated heterocycles. The van der Waals surface area contributed by atoms with Crippen molar-refractivity contribution in [2.24, 2.45) is 5.10 Å². The lowest BCUT2D eigenvalue weighted by molar-refractivity contribution is -0.384. The van der Waals surface area contributed by atoms with Crippen LogP contribution in [-0.2, 0) is 0 Å². The Morgan fingerprint density at radius 3 is 2.54 bits per heavy atom. The zero-order chi connectivity index (χ0) is 18.7. The van der Waals surface area contributed by atoms with Crippen LogP contribution in [0.2, 0.25) is 0 Å². The van der Waals surface area contributed by atoms with Crippen LogP contribution in [0.25, 0.3) is 10.8 Å². The molecule has 3 N–H and O–H groups in total. The molecule has 0 spiro atoms. The maximum Gasteiger partial charge on any atom is 0.271 e. The molecule has 10 nitrogen and oxygen atoms in total. The second-order valence-corrected chi connectivity index (χ2v) is 5.22. The van der Waals surface area contributed by atoms with Crippen molar-refractivity contribution in [3.63, 3.8) is 0 Å². The number of carbonyl (C=O) groups is 1. The maximum absolute atomic E-state index is 12.1. The average Bonchev–Trinajstić information content (AvgIpc) is 2.64. The van der Waals surface area contributed by atoms with Gasteiger partial charge in [-0.2, -0.15) is 5.10 Å². The highest BCUT2D eigenvalue weighted by Gasteiger charge is 2.09. The first-order chi connectivity index (χ1) is 12.5. The Balaban J connectivity index is 1.80. The summed E-state index contributed by atoms with van der Waals surface area (Å²) in [5, 5.41) is 19.1. The quantitative estimate of drug-likeness (QED) is 0.361. The first-order valence-corrected chi connectivity index (χ1v) is 7.28. The summed E-state index contributed by atoms with van der Waals surface area (Å²) in [5.41, 5.74) is 1.71. The molecule has 1 heterocycles. The molecule has 3 rings (SSSR count). The number of aromatic nitrogens is 2. The van der Waals surface area contributed by atoms with Crippen molar-refractivity contribution in [1.82, 2.24) is 15.6 Å². The Morgan fingerprint density at radius 1 is 1.08 bits per heavy atom. The Morgan fingerprint density at radius 2 is 1.81 bits per heavy atom. The van der Waals surface area contributed by atoms with Gasteiger partial charge < -0.3 is 0 Å². The first kappa shape index (κ1) is 16.8. The van der Waals surface area contributed by atoms with Crippen LogP contribution in [0.15, 0.2) is 57.2 Å². The number of nitro groups is 1. The highest BCUT2D eigenvalue weighted by Crippen LogP contribution is 2.11. The summed E-state index contributed by atoms with van der Waals surface area (Å²) in [6, 6.07) is 9.75. The van der Waals surface area contributed by atoms with Gasteiger partial charge in [-0.25, -0.2) is 5.43 Å². The molecule has 26 heavy (non-hydrogen) atoms. The zero-order valence-electron chi connectivity index (χ0n) is 13.1. The fraction of sp³-hybridized carbons (Fsp3) is 0. The van der Waals surface area contributed by atoms with Crippen molar-refractivity contribution in [3.05, 3.63) is 84.4 Å². The van der Waals surface area contributed by atoms with E-state index in [-0.39, 0.29) is 22.0 Å². The SMILES string of the molecule is O=C(N/N=C\c1cccc([N+](=O)[O-])c1)c1ccc2c(=O)[nH][nH]c(=O)c2c1. The van der Waals surface area contributed by atoms with Gasteiger partial charge in [-0.1, -0.05) is 12.1 Å². The van der Waals surface area contributed by atoms with Gasteiger partial charge in [0.1, 0.15) is 0 Å². The fourth-order valence-electron chi connectivity index (χ4n) is 2.27. The van der Waals surface area contributed by atoms with E-state index in [0.717, 1.165) is 0 Å². The van der Waals surface area contributed by atoms with E-state index in [0.29, 0.717) is 5.56 Å². The van der Waals surface area contributed by atoms with Crippen molar-refractivity contribution in [3.8, 4) is 0 Å². The summed E-state index contributed by atoms with van der Waals surface area (Å²) in [4.78, 5) is 45.7. The molecular formula is C16H11N5O5.